The number of ether oxygens (including phenoxy) is 1. The van der Waals surface area contributed by atoms with E-state index in [9.17, 15) is 17.6 Å². The normalized spacial score (nSPS) is 15.1. The van der Waals surface area contributed by atoms with Crippen molar-refractivity contribution in [2.75, 3.05) is 46.0 Å². The molecule has 0 atom stereocenters. The Morgan fingerprint density at radius 3 is 2.39 bits per heavy atom. The third-order valence-electron chi connectivity index (χ3n) is 6.50. The zero-order valence-electron chi connectivity index (χ0n) is 23.3. The van der Waals surface area contributed by atoms with Crippen LogP contribution in [0.15, 0.2) is 34.1 Å². The highest BCUT2D eigenvalue weighted by Gasteiger charge is 2.29. The molecule has 1 aliphatic rings. The van der Waals surface area contributed by atoms with Crippen LogP contribution >= 0.6 is 7.82 Å². The first kappa shape index (κ1) is 32.9. The van der Waals surface area contributed by atoms with Gasteiger partial charge < -0.3 is 33.9 Å². The largest absolute Gasteiger partial charge is 0.493 e. The van der Waals surface area contributed by atoms with Gasteiger partial charge in [0.25, 0.3) is 5.56 Å². The summed E-state index contributed by atoms with van der Waals surface area (Å²) in [5, 5.41) is 0. The SMILES string of the molecule is CCCc1cn(C)c2c(=O)[nH]c(-c3cc(S(=O)(=O)N4CCN(CCCF)CC4)ccc3OCC)nc12.O=P(O)(O)O. The maximum Gasteiger partial charge on any atom is 0.466 e. The van der Waals surface area contributed by atoms with E-state index >= 15 is 0 Å². The summed E-state index contributed by atoms with van der Waals surface area (Å²) >= 11 is 0. The van der Waals surface area contributed by atoms with E-state index in [0.29, 0.717) is 68.1 Å². The quantitative estimate of drug-likeness (QED) is 0.246. The average Bonchev–Trinajstić information content (AvgIpc) is 3.22. The first-order chi connectivity index (χ1) is 19.3. The molecule has 0 unspecified atom stereocenters. The van der Waals surface area contributed by atoms with Gasteiger partial charge in [-0.3, -0.25) is 9.18 Å². The Morgan fingerprint density at radius 2 is 1.80 bits per heavy atom. The van der Waals surface area contributed by atoms with Gasteiger partial charge in [0.05, 0.1) is 29.3 Å². The Balaban J connectivity index is 0.000000850. The van der Waals surface area contributed by atoms with E-state index in [-0.39, 0.29) is 23.0 Å². The van der Waals surface area contributed by atoms with Crippen molar-refractivity contribution in [1.82, 2.24) is 23.7 Å². The maximum absolute atomic E-state index is 13.5. The molecule has 1 aromatic carbocycles. The molecule has 3 heterocycles. The lowest BCUT2D eigenvalue weighted by molar-refractivity contribution is 0.182. The number of piperazine rings is 1. The van der Waals surface area contributed by atoms with Crippen molar-refractivity contribution < 1.29 is 36.8 Å². The van der Waals surface area contributed by atoms with Crippen molar-refractivity contribution in [2.24, 2.45) is 7.05 Å². The number of benzene rings is 1. The minimum absolute atomic E-state index is 0.114. The Morgan fingerprint density at radius 1 is 1.15 bits per heavy atom. The lowest BCUT2D eigenvalue weighted by Crippen LogP contribution is -2.48. The Labute approximate surface area is 237 Å². The number of hydrogen-bond acceptors (Lipinski definition) is 7. The fourth-order valence-corrected chi connectivity index (χ4v) is 6.17. The highest BCUT2D eigenvalue weighted by Crippen LogP contribution is 2.32. The van der Waals surface area contributed by atoms with E-state index in [1.807, 2.05) is 20.2 Å². The highest BCUT2D eigenvalue weighted by molar-refractivity contribution is 7.89. The van der Waals surface area contributed by atoms with E-state index in [1.165, 1.54) is 16.4 Å². The first-order valence-corrected chi connectivity index (χ1v) is 16.2. The summed E-state index contributed by atoms with van der Waals surface area (Å²) in [7, 11) is -6.61. The van der Waals surface area contributed by atoms with Crippen molar-refractivity contribution in [2.45, 2.75) is 38.0 Å². The number of fused-ring (bicyclic) bond motifs is 1. The van der Waals surface area contributed by atoms with Gasteiger partial charge in [-0.2, -0.15) is 4.31 Å². The van der Waals surface area contributed by atoms with Crippen molar-refractivity contribution >= 4 is 28.9 Å². The van der Waals surface area contributed by atoms with Crippen molar-refractivity contribution in [3.63, 3.8) is 0 Å². The fraction of sp³-hybridized carbons (Fsp3) is 0.520. The number of alkyl halides is 1. The summed E-state index contributed by atoms with van der Waals surface area (Å²) in [5.74, 6) is 0.718. The topological polar surface area (TPSA) is 178 Å². The van der Waals surface area contributed by atoms with Crippen LogP contribution in [-0.4, -0.2) is 92.8 Å². The summed E-state index contributed by atoms with van der Waals surface area (Å²) in [5.41, 5.74) is 2.19. The molecule has 41 heavy (non-hydrogen) atoms. The van der Waals surface area contributed by atoms with Gasteiger partial charge >= 0.3 is 7.82 Å². The van der Waals surface area contributed by atoms with Crippen molar-refractivity contribution in [3.8, 4) is 17.1 Å². The van der Waals surface area contributed by atoms with Gasteiger partial charge in [0.15, 0.2) is 0 Å². The molecule has 0 radical (unpaired) electrons. The molecule has 4 rings (SSSR count). The predicted molar refractivity (Wildman–Crippen MR) is 152 cm³/mol. The van der Waals surface area contributed by atoms with Crippen LogP contribution in [-0.2, 0) is 28.1 Å². The second kappa shape index (κ2) is 14.0. The number of nitrogens with zero attached hydrogens (tertiary/aromatic N) is 4. The minimum atomic E-state index is -4.64. The van der Waals surface area contributed by atoms with Crippen molar-refractivity contribution in [1.29, 1.82) is 0 Å². The Kier molecular flexibility index (Phi) is 11.2. The van der Waals surface area contributed by atoms with Gasteiger partial charge in [-0.05, 0) is 43.5 Å². The van der Waals surface area contributed by atoms with Gasteiger partial charge in [0, 0.05) is 46.0 Å². The molecule has 1 aliphatic heterocycles. The molecule has 0 saturated carbocycles. The van der Waals surface area contributed by atoms with Crippen LogP contribution in [0.3, 0.4) is 0 Å². The fourth-order valence-electron chi connectivity index (χ4n) is 4.72. The molecule has 4 N–H and O–H groups in total. The predicted octanol–water partition coefficient (Wildman–Crippen LogP) is 2.02. The van der Waals surface area contributed by atoms with E-state index in [2.05, 4.69) is 16.8 Å². The molecular weight excluding hydrogens is 580 g/mol. The molecule has 16 heteroatoms. The molecule has 228 valence electrons. The second-order valence-electron chi connectivity index (χ2n) is 9.52. The minimum Gasteiger partial charge on any atom is -0.493 e. The van der Waals surface area contributed by atoms with E-state index in [1.54, 1.807) is 10.6 Å². The van der Waals surface area contributed by atoms with E-state index < -0.39 is 17.8 Å². The molecular formula is C25H37FN5O8PS. The summed E-state index contributed by atoms with van der Waals surface area (Å²) in [6, 6.07) is 4.68. The van der Waals surface area contributed by atoms with Gasteiger partial charge in [-0.25, -0.2) is 18.0 Å². The number of rotatable bonds is 10. The average molecular weight is 618 g/mol. The van der Waals surface area contributed by atoms with Crippen LogP contribution in [0.2, 0.25) is 0 Å². The van der Waals surface area contributed by atoms with Crippen LogP contribution in [0.5, 0.6) is 5.75 Å². The summed E-state index contributed by atoms with van der Waals surface area (Å²) in [6.07, 6.45) is 4.04. The third kappa shape index (κ3) is 8.44. The van der Waals surface area contributed by atoms with Gasteiger partial charge in [0.1, 0.15) is 17.1 Å². The lowest BCUT2D eigenvalue weighted by atomic mass is 10.1. The number of H-pyrrole nitrogens is 1. The molecule has 0 bridgehead atoms. The molecule has 1 fully saturated rings. The Bertz CT molecular complexity index is 1540. The number of nitrogens with one attached hydrogen (secondary N) is 1. The van der Waals surface area contributed by atoms with E-state index in [0.717, 1.165) is 18.4 Å². The maximum atomic E-state index is 13.5. The molecule has 0 aliphatic carbocycles. The summed E-state index contributed by atoms with van der Waals surface area (Å²) < 4.78 is 57.4. The van der Waals surface area contributed by atoms with Crippen LogP contribution in [0.25, 0.3) is 22.4 Å². The summed E-state index contributed by atoms with van der Waals surface area (Å²) in [6.45, 7) is 6.31. The number of aromatic nitrogens is 3. The van der Waals surface area contributed by atoms with Gasteiger partial charge in [0.2, 0.25) is 10.0 Å². The number of hydrogen-bond donors (Lipinski definition) is 4. The molecule has 2 aromatic heterocycles. The number of sulfonamides is 1. The molecule has 1 saturated heterocycles. The second-order valence-corrected chi connectivity index (χ2v) is 12.5. The number of halogens is 1. The molecule has 13 nitrogen and oxygen atoms in total. The molecule has 0 amide bonds. The number of aromatic amines is 1. The highest BCUT2D eigenvalue weighted by atomic mass is 32.2. The standard InChI is InChI=1S/C25H34FN5O4S.H3O4P/c1-4-7-18-17-29(3)23-22(18)27-24(28-25(23)32)20-16-19(8-9-21(20)35-5-2)36(33,34)31-14-12-30(13-15-31)11-6-10-26;1-5(2,3)4/h8-9,16-17H,4-7,10-15H2,1-3H3,(H,27,28,32);(H3,1,2,3,4). The van der Waals surface area contributed by atoms with Crippen LogP contribution in [0.4, 0.5) is 4.39 Å². The van der Waals surface area contributed by atoms with Gasteiger partial charge in [-0.15, -0.1) is 0 Å². The first-order valence-electron chi connectivity index (χ1n) is 13.2. The van der Waals surface area contributed by atoms with Gasteiger partial charge in [-0.1, -0.05) is 13.3 Å². The van der Waals surface area contributed by atoms with Crippen molar-refractivity contribution in [3.05, 3.63) is 40.3 Å². The zero-order valence-corrected chi connectivity index (χ0v) is 25.0. The van der Waals surface area contributed by atoms with Crippen LogP contribution < -0.4 is 10.3 Å². The lowest BCUT2D eigenvalue weighted by Gasteiger charge is -2.33. The number of aryl methyl sites for hydroxylation is 2. The molecule has 0 spiro atoms. The zero-order chi connectivity index (χ0) is 30.4. The monoisotopic (exact) mass is 617 g/mol. The molecule has 3 aromatic rings. The smallest absolute Gasteiger partial charge is 0.466 e. The summed E-state index contributed by atoms with van der Waals surface area (Å²) in [4.78, 5) is 44.3. The van der Waals surface area contributed by atoms with Crippen LogP contribution in [0.1, 0.15) is 32.3 Å². The third-order valence-corrected chi connectivity index (χ3v) is 8.40. The van der Waals surface area contributed by atoms with Crippen LogP contribution in [0, 0.1) is 0 Å². The Hall–Kier alpha value is -2.65. The number of phosphoric acid groups is 1. The van der Waals surface area contributed by atoms with E-state index in [4.69, 9.17) is 29.0 Å².